The summed E-state index contributed by atoms with van der Waals surface area (Å²) in [5.74, 6) is 0.697. The highest BCUT2D eigenvalue weighted by molar-refractivity contribution is 5.98. The van der Waals surface area contributed by atoms with Crippen LogP contribution in [0, 0.1) is 0 Å². The minimum atomic E-state index is -0.437. The van der Waals surface area contributed by atoms with Gasteiger partial charge in [-0.25, -0.2) is 0 Å². The first-order valence-corrected chi connectivity index (χ1v) is 8.77. The molecule has 2 rings (SSSR count). The summed E-state index contributed by atoms with van der Waals surface area (Å²) in [4.78, 5) is 27.3. The van der Waals surface area contributed by atoms with E-state index in [0.717, 1.165) is 31.1 Å². The zero-order valence-electron chi connectivity index (χ0n) is 15.1. The minimum absolute atomic E-state index is 0.100. The Hall–Kier alpha value is -2.50. The molecule has 0 atom stereocenters. The number of nitrogens with one attached hydrogen (secondary N) is 2. The molecule has 1 aromatic carbocycles. The van der Waals surface area contributed by atoms with Crippen LogP contribution in [0.4, 0.5) is 0 Å². The molecule has 1 heterocycles. The number of unbranched alkanes of at least 4 members (excludes halogenated alkanes) is 2. The molecule has 25 heavy (non-hydrogen) atoms. The van der Waals surface area contributed by atoms with Gasteiger partial charge < -0.3 is 19.8 Å². The van der Waals surface area contributed by atoms with Crippen molar-refractivity contribution < 1.29 is 14.3 Å². The zero-order chi connectivity index (χ0) is 18.2. The molecule has 2 aromatic rings. The summed E-state index contributed by atoms with van der Waals surface area (Å²) in [6.45, 7) is 5.16. The number of carbonyl (C=O) groups is 1. The Morgan fingerprint density at radius 2 is 2.00 bits per heavy atom. The maximum atomic E-state index is 12.4. The monoisotopic (exact) mass is 346 g/mol. The number of ether oxygens (including phenoxy) is 2. The van der Waals surface area contributed by atoms with Crippen molar-refractivity contribution in [3.8, 4) is 11.5 Å². The van der Waals surface area contributed by atoms with Gasteiger partial charge in [-0.15, -0.1) is 0 Å². The van der Waals surface area contributed by atoms with E-state index in [1.165, 1.54) is 0 Å². The van der Waals surface area contributed by atoms with Gasteiger partial charge in [-0.05, 0) is 31.0 Å². The topological polar surface area (TPSA) is 80.4 Å². The molecule has 0 spiro atoms. The summed E-state index contributed by atoms with van der Waals surface area (Å²) in [6, 6.07) is 5.18. The van der Waals surface area contributed by atoms with Crippen LogP contribution in [0.1, 0.15) is 49.9 Å². The van der Waals surface area contributed by atoms with E-state index in [-0.39, 0.29) is 11.5 Å². The van der Waals surface area contributed by atoms with Crippen LogP contribution in [-0.2, 0) is 0 Å². The van der Waals surface area contributed by atoms with Gasteiger partial charge in [0.05, 0.1) is 19.2 Å². The Labute approximate surface area is 147 Å². The Morgan fingerprint density at radius 3 is 2.68 bits per heavy atom. The van der Waals surface area contributed by atoms with Gasteiger partial charge in [0.1, 0.15) is 5.56 Å². The Bertz CT molecular complexity index is 783. The first-order chi connectivity index (χ1) is 12.1. The molecule has 0 fully saturated rings. The summed E-state index contributed by atoms with van der Waals surface area (Å²) < 4.78 is 11.2. The summed E-state index contributed by atoms with van der Waals surface area (Å²) in [5, 5.41) is 3.45. The quantitative estimate of drug-likeness (QED) is 0.683. The number of aromatic amines is 1. The lowest BCUT2D eigenvalue weighted by molar-refractivity contribution is 0.0952. The summed E-state index contributed by atoms with van der Waals surface area (Å²) in [6.07, 6.45) is 3.91. The third kappa shape index (κ3) is 4.53. The molecule has 1 amide bonds. The molecule has 0 saturated heterocycles. The normalized spacial score (nSPS) is 10.7. The molecule has 0 radical (unpaired) electrons. The lowest BCUT2D eigenvalue weighted by Crippen LogP contribution is -2.30. The van der Waals surface area contributed by atoms with Crippen LogP contribution in [0.2, 0.25) is 0 Å². The maximum Gasteiger partial charge on any atom is 0.261 e. The summed E-state index contributed by atoms with van der Waals surface area (Å²) in [7, 11) is 1.56. The van der Waals surface area contributed by atoms with Crippen LogP contribution >= 0.6 is 0 Å². The fourth-order valence-electron chi connectivity index (χ4n) is 2.56. The molecule has 1 aromatic heterocycles. The van der Waals surface area contributed by atoms with E-state index in [0.29, 0.717) is 30.2 Å². The van der Waals surface area contributed by atoms with E-state index in [4.69, 9.17) is 9.47 Å². The van der Waals surface area contributed by atoms with Crippen LogP contribution in [0.3, 0.4) is 0 Å². The molecule has 136 valence electrons. The number of benzene rings is 1. The molecule has 0 bridgehead atoms. The lowest BCUT2D eigenvalue weighted by atomic mass is 10.1. The molecule has 0 unspecified atom stereocenters. The highest BCUT2D eigenvalue weighted by Crippen LogP contribution is 2.34. The number of hydrogen-bond acceptors (Lipinski definition) is 4. The van der Waals surface area contributed by atoms with E-state index in [2.05, 4.69) is 17.2 Å². The van der Waals surface area contributed by atoms with Gasteiger partial charge >= 0.3 is 0 Å². The van der Waals surface area contributed by atoms with Gasteiger partial charge in [-0.2, -0.15) is 0 Å². The average Bonchev–Trinajstić information content (AvgIpc) is 2.62. The number of amides is 1. The zero-order valence-corrected chi connectivity index (χ0v) is 15.1. The standard InChI is InChI=1S/C19H26N2O4/c1-4-6-7-11-25-17-15(24-3)9-8-13-12-14(18(22)20-10-5-2)19(23)21-16(13)17/h8-9,12H,4-7,10-11H2,1-3H3,(H,20,22)(H,21,23). The number of pyridine rings is 1. The minimum Gasteiger partial charge on any atom is -0.493 e. The van der Waals surface area contributed by atoms with E-state index >= 15 is 0 Å². The third-order valence-electron chi connectivity index (χ3n) is 3.93. The summed E-state index contributed by atoms with van der Waals surface area (Å²) >= 11 is 0. The Balaban J connectivity index is 2.40. The largest absolute Gasteiger partial charge is 0.493 e. The van der Waals surface area contributed by atoms with Crippen LogP contribution in [0.25, 0.3) is 10.9 Å². The number of hydrogen-bond donors (Lipinski definition) is 2. The fourth-order valence-corrected chi connectivity index (χ4v) is 2.56. The lowest BCUT2D eigenvalue weighted by Gasteiger charge is -2.14. The number of aromatic nitrogens is 1. The fraction of sp³-hybridized carbons (Fsp3) is 0.474. The Kier molecular flexibility index (Phi) is 6.86. The second kappa shape index (κ2) is 9.11. The number of carbonyl (C=O) groups excluding carboxylic acids is 1. The second-order valence-corrected chi connectivity index (χ2v) is 5.88. The van der Waals surface area contributed by atoms with Crippen molar-refractivity contribution in [1.29, 1.82) is 0 Å². The van der Waals surface area contributed by atoms with Crippen molar-refractivity contribution >= 4 is 16.8 Å². The molecular formula is C19H26N2O4. The highest BCUT2D eigenvalue weighted by atomic mass is 16.5. The van der Waals surface area contributed by atoms with Crippen molar-refractivity contribution in [2.45, 2.75) is 39.5 Å². The van der Waals surface area contributed by atoms with Gasteiger partial charge in [-0.3, -0.25) is 9.59 Å². The van der Waals surface area contributed by atoms with Crippen molar-refractivity contribution in [3.05, 3.63) is 34.1 Å². The predicted octanol–water partition coefficient (Wildman–Crippen LogP) is 3.25. The van der Waals surface area contributed by atoms with Crippen LogP contribution in [0.5, 0.6) is 11.5 Å². The molecular weight excluding hydrogens is 320 g/mol. The van der Waals surface area contributed by atoms with Crippen molar-refractivity contribution in [1.82, 2.24) is 10.3 Å². The number of methoxy groups -OCH3 is 1. The first kappa shape index (κ1) is 18.8. The summed E-state index contributed by atoms with van der Waals surface area (Å²) in [5.41, 5.74) is 0.212. The molecule has 0 aliphatic carbocycles. The predicted molar refractivity (Wildman–Crippen MR) is 98.8 cm³/mol. The van der Waals surface area contributed by atoms with E-state index in [1.54, 1.807) is 25.3 Å². The number of rotatable bonds is 9. The SMILES string of the molecule is CCCCCOc1c(OC)ccc2cc(C(=O)NCCC)c(=O)[nH]c12. The van der Waals surface area contributed by atoms with Crippen molar-refractivity contribution in [2.24, 2.45) is 0 Å². The Morgan fingerprint density at radius 1 is 1.20 bits per heavy atom. The maximum absolute atomic E-state index is 12.4. The first-order valence-electron chi connectivity index (χ1n) is 8.77. The van der Waals surface area contributed by atoms with Gasteiger partial charge in [0, 0.05) is 11.9 Å². The molecule has 0 aliphatic heterocycles. The molecule has 0 saturated carbocycles. The van der Waals surface area contributed by atoms with E-state index in [1.807, 2.05) is 6.92 Å². The molecule has 6 nitrogen and oxygen atoms in total. The number of fused-ring (bicyclic) bond motifs is 1. The van der Waals surface area contributed by atoms with Gasteiger partial charge in [0.25, 0.3) is 11.5 Å². The van der Waals surface area contributed by atoms with Gasteiger partial charge in [-0.1, -0.05) is 26.7 Å². The number of H-pyrrole nitrogens is 1. The van der Waals surface area contributed by atoms with E-state index < -0.39 is 5.56 Å². The molecule has 6 heteroatoms. The second-order valence-electron chi connectivity index (χ2n) is 5.88. The highest BCUT2D eigenvalue weighted by Gasteiger charge is 2.16. The van der Waals surface area contributed by atoms with Crippen molar-refractivity contribution in [3.63, 3.8) is 0 Å². The van der Waals surface area contributed by atoms with Crippen LogP contribution in [-0.4, -0.2) is 31.2 Å². The average molecular weight is 346 g/mol. The smallest absolute Gasteiger partial charge is 0.261 e. The van der Waals surface area contributed by atoms with Crippen molar-refractivity contribution in [2.75, 3.05) is 20.3 Å². The molecule has 2 N–H and O–H groups in total. The van der Waals surface area contributed by atoms with Gasteiger partial charge in [0.15, 0.2) is 11.5 Å². The molecule has 0 aliphatic rings. The third-order valence-corrected chi connectivity index (χ3v) is 3.93. The van der Waals surface area contributed by atoms with E-state index in [9.17, 15) is 9.59 Å². The van der Waals surface area contributed by atoms with Gasteiger partial charge in [0.2, 0.25) is 0 Å². The van der Waals surface area contributed by atoms with Crippen LogP contribution < -0.4 is 20.3 Å². The van der Waals surface area contributed by atoms with Crippen LogP contribution in [0.15, 0.2) is 23.0 Å².